The van der Waals surface area contributed by atoms with Crippen LogP contribution < -0.4 is 21.7 Å². The summed E-state index contributed by atoms with van der Waals surface area (Å²) in [5, 5.41) is 8.20. The fraction of sp³-hybridized carbons (Fsp3) is 0.417. The molecular weight excluding hydrogens is 246 g/mol. The number of carbonyl (C=O) groups excluding carboxylic acids is 2. The number of carbonyl (C=O) groups is 2. The van der Waals surface area contributed by atoms with Gasteiger partial charge >= 0.3 is 6.03 Å². The van der Waals surface area contributed by atoms with Gasteiger partial charge in [-0.15, -0.1) is 0 Å². The van der Waals surface area contributed by atoms with Gasteiger partial charge in [0, 0.05) is 31.5 Å². The standard InChI is InChI=1S/C12H19N5O2/c1-2-4-14-9-3-5-15-10(8-9)11(18)16-6-7-17-12(13)19/h3,5,8H,2,4,6-7H2,1H3,(H,14,15)(H,16,18)(H3,13,17,19). The highest BCUT2D eigenvalue weighted by Crippen LogP contribution is 2.07. The number of rotatable bonds is 7. The molecule has 1 heterocycles. The molecule has 19 heavy (non-hydrogen) atoms. The van der Waals surface area contributed by atoms with Gasteiger partial charge in [-0.1, -0.05) is 6.92 Å². The lowest BCUT2D eigenvalue weighted by atomic mass is 10.3. The second-order valence-electron chi connectivity index (χ2n) is 3.90. The Morgan fingerprint density at radius 2 is 2.00 bits per heavy atom. The number of pyridine rings is 1. The smallest absolute Gasteiger partial charge is 0.312 e. The Bertz CT molecular complexity index is 436. The monoisotopic (exact) mass is 265 g/mol. The second kappa shape index (κ2) is 7.91. The van der Waals surface area contributed by atoms with E-state index in [1.54, 1.807) is 18.3 Å². The van der Waals surface area contributed by atoms with Crippen molar-refractivity contribution in [2.45, 2.75) is 13.3 Å². The van der Waals surface area contributed by atoms with Crippen LogP contribution in [-0.4, -0.2) is 36.6 Å². The number of hydrogen-bond donors (Lipinski definition) is 4. The van der Waals surface area contributed by atoms with E-state index in [-0.39, 0.29) is 12.5 Å². The number of anilines is 1. The third kappa shape index (κ3) is 5.71. The predicted octanol–water partition coefficient (Wildman–Crippen LogP) is 0.302. The Morgan fingerprint density at radius 3 is 2.68 bits per heavy atom. The van der Waals surface area contributed by atoms with Crippen LogP contribution in [0.25, 0.3) is 0 Å². The van der Waals surface area contributed by atoms with Crippen LogP contribution >= 0.6 is 0 Å². The van der Waals surface area contributed by atoms with E-state index < -0.39 is 6.03 Å². The van der Waals surface area contributed by atoms with Crippen LogP contribution in [0.15, 0.2) is 18.3 Å². The maximum absolute atomic E-state index is 11.8. The minimum absolute atomic E-state index is 0.286. The van der Waals surface area contributed by atoms with Crippen LogP contribution in [0, 0.1) is 0 Å². The van der Waals surface area contributed by atoms with Crippen LogP contribution in [0.2, 0.25) is 0 Å². The SMILES string of the molecule is CCCNc1ccnc(C(=O)NCCNC(N)=O)c1. The molecule has 5 N–H and O–H groups in total. The van der Waals surface area contributed by atoms with Crippen LogP contribution in [-0.2, 0) is 0 Å². The van der Waals surface area contributed by atoms with Crippen molar-refractivity contribution in [1.82, 2.24) is 15.6 Å². The van der Waals surface area contributed by atoms with E-state index in [9.17, 15) is 9.59 Å². The number of nitrogens with zero attached hydrogens (tertiary/aromatic N) is 1. The van der Waals surface area contributed by atoms with Crippen molar-refractivity contribution in [3.63, 3.8) is 0 Å². The molecule has 1 aromatic heterocycles. The molecule has 3 amide bonds. The third-order valence-electron chi connectivity index (χ3n) is 2.28. The molecule has 0 saturated carbocycles. The molecule has 7 nitrogen and oxygen atoms in total. The molecule has 0 spiro atoms. The van der Waals surface area contributed by atoms with Gasteiger partial charge in [-0.3, -0.25) is 9.78 Å². The molecule has 0 aromatic carbocycles. The van der Waals surface area contributed by atoms with Gasteiger partial charge < -0.3 is 21.7 Å². The molecule has 0 fully saturated rings. The quantitative estimate of drug-likeness (QED) is 0.532. The van der Waals surface area contributed by atoms with E-state index in [0.717, 1.165) is 18.7 Å². The number of aromatic nitrogens is 1. The summed E-state index contributed by atoms with van der Waals surface area (Å²) in [6.45, 7) is 3.49. The summed E-state index contributed by atoms with van der Waals surface area (Å²) in [4.78, 5) is 26.2. The Labute approximate surface area is 112 Å². The Kier molecular flexibility index (Phi) is 6.14. The zero-order chi connectivity index (χ0) is 14.1. The highest BCUT2D eigenvalue weighted by Gasteiger charge is 2.07. The Hall–Kier alpha value is -2.31. The lowest BCUT2D eigenvalue weighted by Crippen LogP contribution is -2.37. The van der Waals surface area contributed by atoms with Gasteiger partial charge in [0.15, 0.2) is 0 Å². The van der Waals surface area contributed by atoms with E-state index in [0.29, 0.717) is 12.2 Å². The van der Waals surface area contributed by atoms with Crippen molar-refractivity contribution in [1.29, 1.82) is 0 Å². The van der Waals surface area contributed by atoms with Crippen molar-refractivity contribution in [2.75, 3.05) is 25.0 Å². The van der Waals surface area contributed by atoms with Crippen molar-refractivity contribution < 1.29 is 9.59 Å². The van der Waals surface area contributed by atoms with Crippen molar-refractivity contribution in [2.24, 2.45) is 5.73 Å². The first-order chi connectivity index (χ1) is 9.13. The summed E-state index contributed by atoms with van der Waals surface area (Å²) in [5.41, 5.74) is 6.10. The minimum atomic E-state index is -0.613. The Morgan fingerprint density at radius 1 is 1.26 bits per heavy atom. The van der Waals surface area contributed by atoms with Crippen molar-refractivity contribution in [3.05, 3.63) is 24.0 Å². The molecule has 0 radical (unpaired) electrons. The average Bonchev–Trinajstić information content (AvgIpc) is 2.41. The molecule has 1 rings (SSSR count). The van der Waals surface area contributed by atoms with Crippen molar-refractivity contribution in [3.8, 4) is 0 Å². The van der Waals surface area contributed by atoms with Gasteiger partial charge in [0.25, 0.3) is 5.91 Å². The molecule has 7 heteroatoms. The summed E-state index contributed by atoms with van der Waals surface area (Å²) in [7, 11) is 0. The van der Waals surface area contributed by atoms with E-state index in [1.807, 2.05) is 0 Å². The van der Waals surface area contributed by atoms with Gasteiger partial charge in [0.2, 0.25) is 0 Å². The van der Waals surface area contributed by atoms with Crippen LogP contribution in [0.3, 0.4) is 0 Å². The number of nitrogens with two attached hydrogens (primary N) is 1. The van der Waals surface area contributed by atoms with Crippen molar-refractivity contribution >= 4 is 17.6 Å². The summed E-state index contributed by atoms with van der Waals surface area (Å²) in [6.07, 6.45) is 2.58. The molecule has 104 valence electrons. The highest BCUT2D eigenvalue weighted by molar-refractivity contribution is 5.93. The van der Waals surface area contributed by atoms with Gasteiger partial charge in [-0.05, 0) is 18.6 Å². The van der Waals surface area contributed by atoms with E-state index in [2.05, 4.69) is 27.9 Å². The molecule has 0 bridgehead atoms. The minimum Gasteiger partial charge on any atom is -0.385 e. The lowest BCUT2D eigenvalue weighted by Gasteiger charge is -2.07. The first-order valence-electron chi connectivity index (χ1n) is 6.15. The molecular formula is C12H19N5O2. The van der Waals surface area contributed by atoms with Gasteiger partial charge in [0.05, 0.1) is 0 Å². The average molecular weight is 265 g/mol. The summed E-state index contributed by atoms with van der Waals surface area (Å²) in [6, 6.07) is 2.88. The van der Waals surface area contributed by atoms with Crippen LogP contribution in [0.4, 0.5) is 10.5 Å². The predicted molar refractivity (Wildman–Crippen MR) is 72.9 cm³/mol. The fourth-order valence-electron chi connectivity index (χ4n) is 1.39. The van der Waals surface area contributed by atoms with E-state index in [1.165, 1.54) is 0 Å². The molecule has 0 aliphatic heterocycles. The number of amides is 3. The van der Waals surface area contributed by atoms with Gasteiger partial charge in [0.1, 0.15) is 5.69 Å². The molecule has 0 aliphatic rings. The maximum Gasteiger partial charge on any atom is 0.312 e. The fourth-order valence-corrected chi connectivity index (χ4v) is 1.39. The third-order valence-corrected chi connectivity index (χ3v) is 2.28. The highest BCUT2D eigenvalue weighted by atomic mass is 16.2. The van der Waals surface area contributed by atoms with Crippen LogP contribution in [0.5, 0.6) is 0 Å². The molecule has 0 aliphatic carbocycles. The second-order valence-corrected chi connectivity index (χ2v) is 3.90. The number of primary amides is 1. The first-order valence-corrected chi connectivity index (χ1v) is 6.15. The topological polar surface area (TPSA) is 109 Å². The Balaban J connectivity index is 2.45. The molecule has 0 atom stereocenters. The van der Waals surface area contributed by atoms with Crippen LogP contribution in [0.1, 0.15) is 23.8 Å². The van der Waals surface area contributed by atoms with Gasteiger partial charge in [-0.2, -0.15) is 0 Å². The normalized spacial score (nSPS) is 9.74. The summed E-state index contributed by atoms with van der Waals surface area (Å²) >= 11 is 0. The molecule has 1 aromatic rings. The summed E-state index contributed by atoms with van der Waals surface area (Å²) < 4.78 is 0. The zero-order valence-electron chi connectivity index (χ0n) is 10.9. The van der Waals surface area contributed by atoms with E-state index >= 15 is 0 Å². The first kappa shape index (κ1) is 14.7. The number of hydrogen-bond acceptors (Lipinski definition) is 4. The molecule has 0 unspecified atom stereocenters. The number of urea groups is 1. The largest absolute Gasteiger partial charge is 0.385 e. The zero-order valence-corrected chi connectivity index (χ0v) is 10.9. The summed E-state index contributed by atoms with van der Waals surface area (Å²) in [5.74, 6) is -0.286. The lowest BCUT2D eigenvalue weighted by molar-refractivity contribution is 0.0949. The van der Waals surface area contributed by atoms with E-state index in [4.69, 9.17) is 5.73 Å². The molecule has 0 saturated heterocycles. The van der Waals surface area contributed by atoms with Gasteiger partial charge in [-0.25, -0.2) is 4.79 Å². The maximum atomic E-state index is 11.8. The number of nitrogens with one attached hydrogen (secondary N) is 3.